The summed E-state index contributed by atoms with van der Waals surface area (Å²) in [5, 5.41) is 0. The van der Waals surface area contributed by atoms with Gasteiger partial charge in [-0.15, -0.1) is 0 Å². The van der Waals surface area contributed by atoms with E-state index in [-0.39, 0.29) is 16.6 Å². The molecule has 0 aliphatic carbocycles. The molecular weight excluding hydrogens is 637 g/mol. The molecule has 0 atom stereocenters. The Bertz CT molecular complexity index is 1900. The first-order chi connectivity index (χ1) is 23.7. The SMILES string of the molecule is CC1(C)N=C(c2cccc(-c3nc(-c4cccc(C5=NC(C)(C)C(C)(C)O5)c4)nc(-c4cccc(C5=NC(C)(C)C(C)(C)O5)c4)n3)c2)OC1(C)C. The van der Waals surface area contributed by atoms with Crippen LogP contribution in [0.2, 0.25) is 0 Å². The summed E-state index contributed by atoms with van der Waals surface area (Å²) < 4.78 is 19.1. The molecule has 9 nitrogen and oxygen atoms in total. The van der Waals surface area contributed by atoms with Crippen LogP contribution in [0.4, 0.5) is 0 Å². The molecular formula is C42H48N6O3. The topological polar surface area (TPSA) is 103 Å². The van der Waals surface area contributed by atoms with Gasteiger partial charge in [0.1, 0.15) is 16.8 Å². The third-order valence-corrected chi connectivity index (χ3v) is 11.4. The van der Waals surface area contributed by atoms with Crippen molar-refractivity contribution in [2.75, 3.05) is 0 Å². The normalized spacial score (nSPS) is 21.5. The summed E-state index contributed by atoms with van der Waals surface area (Å²) in [6.45, 7) is 24.9. The molecule has 0 amide bonds. The summed E-state index contributed by atoms with van der Waals surface area (Å²) in [5.41, 5.74) is 2.57. The molecule has 7 rings (SSSR count). The Hall–Kier alpha value is -4.92. The van der Waals surface area contributed by atoms with E-state index < -0.39 is 16.8 Å². The molecule has 3 aliphatic rings. The molecule has 0 unspecified atom stereocenters. The van der Waals surface area contributed by atoms with E-state index in [1.54, 1.807) is 0 Å². The highest BCUT2D eigenvalue weighted by molar-refractivity contribution is 5.98. The lowest BCUT2D eigenvalue weighted by atomic mass is 9.87. The van der Waals surface area contributed by atoms with Crippen LogP contribution in [-0.2, 0) is 14.2 Å². The van der Waals surface area contributed by atoms with Crippen molar-refractivity contribution in [1.29, 1.82) is 0 Å². The Morgan fingerprint density at radius 1 is 0.353 bits per heavy atom. The van der Waals surface area contributed by atoms with E-state index in [9.17, 15) is 0 Å². The third kappa shape index (κ3) is 6.00. The molecule has 0 N–H and O–H groups in total. The van der Waals surface area contributed by atoms with Crippen molar-refractivity contribution < 1.29 is 14.2 Å². The van der Waals surface area contributed by atoms with Crippen LogP contribution in [0.3, 0.4) is 0 Å². The summed E-state index contributed by atoms with van der Waals surface area (Å²) in [7, 11) is 0. The highest BCUT2D eigenvalue weighted by atomic mass is 16.5. The number of ether oxygens (including phenoxy) is 3. The maximum atomic E-state index is 6.36. The molecule has 1 aromatic heterocycles. The van der Waals surface area contributed by atoms with E-state index in [4.69, 9.17) is 44.1 Å². The van der Waals surface area contributed by atoms with Gasteiger partial charge in [0.05, 0.1) is 16.6 Å². The van der Waals surface area contributed by atoms with Crippen LogP contribution in [-0.4, -0.2) is 66.1 Å². The number of hydrogen-bond acceptors (Lipinski definition) is 9. The average Bonchev–Trinajstić information content (AvgIpc) is 3.54. The van der Waals surface area contributed by atoms with Crippen LogP contribution in [0, 0.1) is 0 Å². The summed E-state index contributed by atoms with van der Waals surface area (Å²) in [6.07, 6.45) is 0. The van der Waals surface area contributed by atoms with Gasteiger partial charge in [-0.1, -0.05) is 36.4 Å². The Morgan fingerprint density at radius 3 is 0.804 bits per heavy atom. The van der Waals surface area contributed by atoms with E-state index in [1.807, 2.05) is 72.8 Å². The lowest BCUT2D eigenvalue weighted by molar-refractivity contribution is 0.0618. The van der Waals surface area contributed by atoms with E-state index >= 15 is 0 Å². The van der Waals surface area contributed by atoms with Gasteiger partial charge < -0.3 is 14.2 Å². The second-order valence-electron chi connectivity index (χ2n) is 16.8. The van der Waals surface area contributed by atoms with Crippen LogP contribution in [0.1, 0.15) is 99.8 Å². The predicted octanol–water partition coefficient (Wildman–Crippen LogP) is 8.87. The minimum atomic E-state index is -0.447. The molecule has 51 heavy (non-hydrogen) atoms. The fourth-order valence-corrected chi connectivity index (χ4v) is 5.84. The van der Waals surface area contributed by atoms with Gasteiger partial charge in [-0.2, -0.15) is 0 Å². The molecule has 4 aromatic rings. The molecule has 0 bridgehead atoms. The minimum absolute atomic E-state index is 0.378. The third-order valence-electron chi connectivity index (χ3n) is 11.4. The standard InChI is InChI=1S/C42H48N6O3/c1-37(2)40(7,8)49-34(46-37)28-19-13-16-25(22-28)31-43-32(26-17-14-20-29(23-26)35-47-38(3,4)41(9,10)50-35)45-33(44-31)27-18-15-21-30(24-27)36-48-39(5,6)42(11,12)51-36/h13-24H,1-12H3. The van der Waals surface area contributed by atoms with E-state index in [1.165, 1.54) is 0 Å². The molecule has 0 radical (unpaired) electrons. The second kappa shape index (κ2) is 11.3. The first-order valence-corrected chi connectivity index (χ1v) is 17.6. The first kappa shape index (κ1) is 34.5. The van der Waals surface area contributed by atoms with Gasteiger partial charge in [0.15, 0.2) is 17.5 Å². The van der Waals surface area contributed by atoms with Crippen LogP contribution >= 0.6 is 0 Å². The van der Waals surface area contributed by atoms with Gasteiger partial charge in [0.2, 0.25) is 17.7 Å². The maximum Gasteiger partial charge on any atom is 0.217 e. The quantitative estimate of drug-likeness (QED) is 0.201. The highest BCUT2D eigenvalue weighted by Crippen LogP contribution is 2.39. The number of nitrogens with zero attached hydrogens (tertiary/aromatic N) is 6. The van der Waals surface area contributed by atoms with Gasteiger partial charge in [-0.3, -0.25) is 0 Å². The molecule has 3 aliphatic heterocycles. The van der Waals surface area contributed by atoms with Crippen molar-refractivity contribution >= 4 is 17.7 Å². The van der Waals surface area contributed by atoms with Crippen molar-refractivity contribution in [3.63, 3.8) is 0 Å². The fraction of sp³-hybridized carbons (Fsp3) is 0.429. The zero-order chi connectivity index (χ0) is 36.8. The zero-order valence-corrected chi connectivity index (χ0v) is 31.8. The van der Waals surface area contributed by atoms with Crippen molar-refractivity contribution in [2.45, 2.75) is 117 Å². The first-order valence-electron chi connectivity index (χ1n) is 17.6. The van der Waals surface area contributed by atoms with E-state index in [0.717, 1.165) is 33.4 Å². The van der Waals surface area contributed by atoms with Crippen molar-refractivity contribution in [3.05, 3.63) is 89.5 Å². The molecule has 9 heteroatoms. The molecule has 264 valence electrons. The van der Waals surface area contributed by atoms with Crippen LogP contribution in [0.15, 0.2) is 87.8 Å². The number of hydrogen-bond donors (Lipinski definition) is 0. The lowest BCUT2D eigenvalue weighted by Gasteiger charge is -2.30. The Labute approximate surface area is 301 Å². The largest absolute Gasteiger partial charge is 0.469 e. The Morgan fingerprint density at radius 2 is 0.588 bits per heavy atom. The molecule has 0 spiro atoms. The average molecular weight is 685 g/mol. The highest BCUT2D eigenvalue weighted by Gasteiger charge is 2.47. The van der Waals surface area contributed by atoms with Crippen LogP contribution in [0.25, 0.3) is 34.2 Å². The van der Waals surface area contributed by atoms with Crippen molar-refractivity contribution in [1.82, 2.24) is 15.0 Å². The van der Waals surface area contributed by atoms with Gasteiger partial charge >= 0.3 is 0 Å². The van der Waals surface area contributed by atoms with Crippen LogP contribution < -0.4 is 0 Å². The minimum Gasteiger partial charge on any atom is -0.469 e. The van der Waals surface area contributed by atoms with E-state index in [2.05, 4.69) is 83.1 Å². The molecule has 3 aromatic carbocycles. The summed E-state index contributed by atoms with van der Waals surface area (Å²) in [6, 6.07) is 24.1. The van der Waals surface area contributed by atoms with Gasteiger partial charge in [0, 0.05) is 33.4 Å². The molecule has 0 saturated heterocycles. The maximum absolute atomic E-state index is 6.36. The predicted molar refractivity (Wildman–Crippen MR) is 203 cm³/mol. The van der Waals surface area contributed by atoms with Crippen molar-refractivity contribution in [2.24, 2.45) is 15.0 Å². The smallest absolute Gasteiger partial charge is 0.217 e. The van der Waals surface area contributed by atoms with Gasteiger partial charge in [0.25, 0.3) is 0 Å². The number of benzene rings is 3. The van der Waals surface area contributed by atoms with Gasteiger partial charge in [-0.25, -0.2) is 29.9 Å². The fourth-order valence-electron chi connectivity index (χ4n) is 5.84. The monoisotopic (exact) mass is 684 g/mol. The zero-order valence-electron chi connectivity index (χ0n) is 31.8. The van der Waals surface area contributed by atoms with Gasteiger partial charge in [-0.05, 0) is 119 Å². The number of aromatic nitrogens is 3. The Kier molecular flexibility index (Phi) is 7.64. The molecule has 4 heterocycles. The lowest BCUT2D eigenvalue weighted by Crippen LogP contribution is -2.41. The Balaban J connectivity index is 1.35. The molecule has 0 saturated carbocycles. The van der Waals surface area contributed by atoms with Crippen molar-refractivity contribution in [3.8, 4) is 34.2 Å². The van der Waals surface area contributed by atoms with E-state index in [0.29, 0.717) is 35.2 Å². The summed E-state index contributed by atoms with van der Waals surface area (Å²) in [4.78, 5) is 30.0. The van der Waals surface area contributed by atoms with Crippen LogP contribution in [0.5, 0.6) is 0 Å². The number of aliphatic imine (C=N–C) groups is 3. The number of rotatable bonds is 6. The second-order valence-corrected chi connectivity index (χ2v) is 16.8. The summed E-state index contributed by atoms with van der Waals surface area (Å²) in [5.74, 6) is 3.39. The molecule has 0 fully saturated rings. The summed E-state index contributed by atoms with van der Waals surface area (Å²) >= 11 is 0.